The van der Waals surface area contributed by atoms with Crippen molar-refractivity contribution in [3.63, 3.8) is 0 Å². The monoisotopic (exact) mass is 577 g/mol. The first-order valence-electron chi connectivity index (χ1n) is 14.3. The number of aryl methyl sites for hydroxylation is 3. The lowest BCUT2D eigenvalue weighted by molar-refractivity contribution is -0.672. The molecule has 0 aromatic carbocycles. The van der Waals surface area contributed by atoms with Crippen molar-refractivity contribution in [3.05, 3.63) is 88.5 Å². The van der Waals surface area contributed by atoms with E-state index in [4.69, 9.17) is 4.98 Å². The van der Waals surface area contributed by atoms with Gasteiger partial charge >= 0.3 is 11.9 Å². The van der Waals surface area contributed by atoms with Crippen molar-refractivity contribution in [2.45, 2.75) is 53.4 Å². The Labute approximate surface area is 250 Å². The second kappa shape index (κ2) is 11.4. The van der Waals surface area contributed by atoms with Crippen LogP contribution in [0.5, 0.6) is 0 Å². The first-order valence-corrected chi connectivity index (χ1v) is 14.3. The summed E-state index contributed by atoms with van der Waals surface area (Å²) in [6.07, 6.45) is 4.34. The Kier molecular flexibility index (Phi) is 7.80. The number of fused-ring (bicyclic) bond motifs is 8. The molecule has 4 N–H and O–H groups in total. The fourth-order valence-corrected chi connectivity index (χ4v) is 6.19. The van der Waals surface area contributed by atoms with Crippen LogP contribution >= 0.6 is 0 Å². The molecule has 5 heterocycles. The summed E-state index contributed by atoms with van der Waals surface area (Å²) < 4.78 is 2.13. The van der Waals surface area contributed by atoms with Gasteiger partial charge < -0.3 is 20.2 Å². The highest BCUT2D eigenvalue weighted by atomic mass is 16.4. The number of nitrogens with zero attached hydrogens (tertiary/aromatic N) is 2. The van der Waals surface area contributed by atoms with Gasteiger partial charge in [0.1, 0.15) is 7.05 Å². The zero-order valence-electron chi connectivity index (χ0n) is 25.3. The van der Waals surface area contributed by atoms with E-state index < -0.39 is 11.9 Å². The van der Waals surface area contributed by atoms with Crippen LogP contribution in [0.15, 0.2) is 43.5 Å². The first kappa shape index (κ1) is 29.5. The summed E-state index contributed by atoms with van der Waals surface area (Å²) in [5.41, 5.74) is 14.6. The molecule has 0 saturated heterocycles. The number of aromatic nitrogens is 4. The van der Waals surface area contributed by atoms with Crippen molar-refractivity contribution >= 4 is 62.4 Å². The topological polar surface area (TPSA) is 123 Å². The number of rotatable bonds is 8. The van der Waals surface area contributed by atoms with Gasteiger partial charge in [-0.25, -0.2) is 4.98 Å². The van der Waals surface area contributed by atoms with Crippen molar-refractivity contribution in [1.82, 2.24) is 15.0 Å². The maximum atomic E-state index is 11.6. The van der Waals surface area contributed by atoms with E-state index in [9.17, 15) is 19.8 Å². The van der Waals surface area contributed by atoms with Crippen molar-refractivity contribution in [2.75, 3.05) is 0 Å². The molecule has 0 unspecified atom stereocenters. The van der Waals surface area contributed by atoms with E-state index in [1.807, 2.05) is 45.2 Å². The predicted octanol–water partition coefficient (Wildman–Crippen LogP) is 6.93. The van der Waals surface area contributed by atoms with E-state index in [1.165, 1.54) is 0 Å². The zero-order valence-corrected chi connectivity index (χ0v) is 25.3. The number of nitrogens with one attached hydrogen (secondary N) is 2. The molecule has 0 aliphatic carbocycles. The number of allylic oxidation sites excluding steroid dienone is 5. The van der Waals surface area contributed by atoms with Gasteiger partial charge in [-0.2, -0.15) is 4.57 Å². The summed E-state index contributed by atoms with van der Waals surface area (Å²) >= 11 is 0. The molecule has 8 bridgehead atoms. The predicted molar refractivity (Wildman–Crippen MR) is 172 cm³/mol. The molecular formula is C35H37N4O4+. The van der Waals surface area contributed by atoms with Crippen LogP contribution in [-0.4, -0.2) is 37.1 Å². The quantitative estimate of drug-likeness (QED) is 0.216. The lowest BCUT2D eigenvalue weighted by Gasteiger charge is -2.03. The summed E-state index contributed by atoms with van der Waals surface area (Å²) in [4.78, 5) is 35.3. The summed E-state index contributed by atoms with van der Waals surface area (Å²) in [6.45, 7) is 16.3. The first-order chi connectivity index (χ1) is 20.4. The average molecular weight is 578 g/mol. The molecule has 0 saturated carbocycles. The number of carboxylic acid groups (broad SMARTS) is 2. The number of aromatic amines is 2. The molecule has 2 aliphatic heterocycles. The van der Waals surface area contributed by atoms with Crippen LogP contribution in [0.2, 0.25) is 0 Å². The van der Waals surface area contributed by atoms with E-state index in [-0.39, 0.29) is 12.8 Å². The molecule has 0 radical (unpaired) electrons. The van der Waals surface area contributed by atoms with Crippen LogP contribution in [0.25, 0.3) is 50.4 Å². The van der Waals surface area contributed by atoms with Gasteiger partial charge in [0, 0.05) is 58.2 Å². The van der Waals surface area contributed by atoms with Gasteiger partial charge in [-0.1, -0.05) is 25.3 Å². The number of hydrogen-bond donors (Lipinski definition) is 4. The minimum Gasteiger partial charge on any atom is -0.481 e. The number of H-pyrrole nitrogens is 2. The molecule has 0 fully saturated rings. The van der Waals surface area contributed by atoms with Crippen LogP contribution < -0.4 is 4.57 Å². The molecule has 8 heteroatoms. The van der Waals surface area contributed by atoms with Crippen LogP contribution in [0.4, 0.5) is 0 Å². The number of carboxylic acids is 2. The van der Waals surface area contributed by atoms with Gasteiger partial charge in [0.2, 0.25) is 11.4 Å². The minimum absolute atomic E-state index is 0.0174. The van der Waals surface area contributed by atoms with E-state index in [2.05, 4.69) is 53.7 Å². The zero-order chi connectivity index (χ0) is 31.2. The Morgan fingerprint density at radius 2 is 1.44 bits per heavy atom. The summed E-state index contributed by atoms with van der Waals surface area (Å²) in [5.74, 6) is -1.75. The summed E-state index contributed by atoms with van der Waals surface area (Å²) in [6, 6.07) is 8.14. The second-order valence-electron chi connectivity index (χ2n) is 11.2. The molecular weight excluding hydrogens is 540 g/mol. The Morgan fingerprint density at radius 3 is 2.09 bits per heavy atom. The molecule has 8 nitrogen and oxygen atoms in total. The molecule has 3 aromatic heterocycles. The average Bonchev–Trinajstić information content (AvgIpc) is 3.59. The highest BCUT2D eigenvalue weighted by Gasteiger charge is 2.28. The third kappa shape index (κ3) is 5.25. The lowest BCUT2D eigenvalue weighted by atomic mass is 10.00. The maximum absolute atomic E-state index is 11.6. The van der Waals surface area contributed by atoms with Crippen molar-refractivity contribution in [2.24, 2.45) is 7.05 Å². The molecule has 0 atom stereocenters. The fraction of sp³-hybridized carbons (Fsp3) is 0.257. The molecule has 0 spiro atoms. The second-order valence-corrected chi connectivity index (χ2v) is 11.2. The van der Waals surface area contributed by atoms with Crippen LogP contribution in [-0.2, 0) is 23.1 Å². The van der Waals surface area contributed by atoms with Crippen molar-refractivity contribution in [1.29, 1.82) is 0 Å². The standard InChI is InChI=1S/C35H36N4O4/c1-8-22-18(3)28-17-33-23(9-2)21(6)32(39(33)7)16-27-20(5)25(11-13-35(42)43)31(38-27)15-30-24(10-12-34(40)41)19(4)26(36-30)14-29(22)37-28/h8-9,14-17H,1-2,10-13H2,3-7H3,(H3,36,37,38,40,41,42,43)/p+1. The molecule has 43 heavy (non-hydrogen) atoms. The molecule has 2 aliphatic rings. The maximum Gasteiger partial charge on any atom is 0.303 e. The van der Waals surface area contributed by atoms with E-state index >= 15 is 0 Å². The van der Waals surface area contributed by atoms with Crippen LogP contribution in [0.1, 0.15) is 78.1 Å². The Bertz CT molecular complexity index is 1970. The van der Waals surface area contributed by atoms with Gasteiger partial charge in [0.25, 0.3) is 0 Å². The van der Waals surface area contributed by atoms with E-state index in [0.717, 1.165) is 83.7 Å². The van der Waals surface area contributed by atoms with Gasteiger partial charge in [-0.05, 0) is 80.5 Å². The minimum atomic E-state index is -0.877. The van der Waals surface area contributed by atoms with Crippen LogP contribution in [0.3, 0.4) is 0 Å². The van der Waals surface area contributed by atoms with Crippen LogP contribution in [0, 0.1) is 13.8 Å². The normalized spacial score (nSPS) is 13.0. The number of aliphatic carboxylic acids is 2. The largest absolute Gasteiger partial charge is 0.481 e. The van der Waals surface area contributed by atoms with Gasteiger partial charge in [0.15, 0.2) is 0 Å². The summed E-state index contributed by atoms with van der Waals surface area (Å²) in [7, 11) is 2.02. The van der Waals surface area contributed by atoms with Gasteiger partial charge in [0.05, 0.1) is 17.0 Å². The molecule has 3 aromatic rings. The molecule has 0 amide bonds. The Balaban J connectivity index is 1.98. The SMILES string of the molecule is C=CC1=C(C)c2cc3nc(cc4[nH]c(cc5[nH]c(cc1[n+]2C)c(C)c5C=C)c(C)c4CCC(=O)O)C(CCC(=O)O)=C3C. The molecule has 5 rings (SSSR count). The number of carbonyl (C=O) groups is 2. The summed E-state index contributed by atoms with van der Waals surface area (Å²) in [5, 5.41) is 19.0. The third-order valence-corrected chi connectivity index (χ3v) is 8.70. The highest BCUT2D eigenvalue weighted by molar-refractivity contribution is 5.97. The lowest BCUT2D eigenvalue weighted by Crippen LogP contribution is -2.32. The van der Waals surface area contributed by atoms with E-state index in [0.29, 0.717) is 18.5 Å². The van der Waals surface area contributed by atoms with E-state index in [1.54, 1.807) is 0 Å². The Hall–Kier alpha value is -4.98. The van der Waals surface area contributed by atoms with Crippen molar-refractivity contribution < 1.29 is 24.4 Å². The smallest absolute Gasteiger partial charge is 0.303 e. The number of hydrogen-bond acceptors (Lipinski definition) is 3. The Morgan fingerprint density at radius 1 is 0.791 bits per heavy atom. The molecule has 220 valence electrons. The third-order valence-electron chi connectivity index (χ3n) is 8.70. The fourth-order valence-electron chi connectivity index (χ4n) is 6.19. The van der Waals surface area contributed by atoms with Crippen molar-refractivity contribution in [3.8, 4) is 0 Å². The van der Waals surface area contributed by atoms with Gasteiger partial charge in [-0.15, -0.1) is 0 Å². The van der Waals surface area contributed by atoms with Gasteiger partial charge in [-0.3, -0.25) is 9.59 Å². The highest BCUT2D eigenvalue weighted by Crippen LogP contribution is 2.36.